The van der Waals surface area contributed by atoms with E-state index in [9.17, 15) is 4.79 Å². The first-order valence-electron chi connectivity index (χ1n) is 4.73. The monoisotopic (exact) mass is 173 g/mol. The van der Waals surface area contributed by atoms with E-state index in [2.05, 4.69) is 29.6 Å². The number of carbonyl (C=O) groups is 1. The molecule has 1 aliphatic heterocycles. The Morgan fingerprint density at radius 2 is 2.31 bits per heavy atom. The molecule has 1 heterocycles. The molecule has 2 aliphatic carbocycles. The molecule has 1 N–H and O–H groups in total. The summed E-state index contributed by atoms with van der Waals surface area (Å²) in [5, 5.41) is 2.90. The van der Waals surface area contributed by atoms with Crippen molar-refractivity contribution in [3.63, 3.8) is 0 Å². The van der Waals surface area contributed by atoms with Crippen LogP contribution in [0.5, 0.6) is 0 Å². The molecule has 0 radical (unpaired) electrons. The third-order valence-electron chi connectivity index (χ3n) is 3.19. The highest BCUT2D eigenvalue weighted by Gasteiger charge is 2.40. The highest BCUT2D eigenvalue weighted by Crippen LogP contribution is 2.41. The van der Waals surface area contributed by atoms with Crippen LogP contribution in [0.3, 0.4) is 0 Å². The zero-order valence-corrected chi connectivity index (χ0v) is 7.29. The van der Waals surface area contributed by atoms with E-state index in [-0.39, 0.29) is 5.91 Å². The summed E-state index contributed by atoms with van der Waals surface area (Å²) in [6.07, 6.45) is 9.56. The molecule has 1 fully saturated rings. The average molecular weight is 173 g/mol. The molecule has 0 aromatic heterocycles. The number of hydrogen-bond donors (Lipinski definition) is 1. The van der Waals surface area contributed by atoms with Gasteiger partial charge in [-0.15, -0.1) is 0 Å². The molecule has 66 valence electrons. The maximum Gasteiger partial charge on any atom is 0.247 e. The predicted molar refractivity (Wildman–Crippen MR) is 49.9 cm³/mol. The minimum atomic E-state index is 0.139. The fraction of sp³-hybridized carbons (Fsp3) is 0.364. The van der Waals surface area contributed by atoms with Gasteiger partial charge in [-0.05, 0) is 24.0 Å². The van der Waals surface area contributed by atoms with Crippen molar-refractivity contribution < 1.29 is 4.79 Å². The number of rotatable bonds is 0. The van der Waals surface area contributed by atoms with Gasteiger partial charge in [-0.25, -0.2) is 0 Å². The normalized spacial score (nSPS) is 34.9. The second-order valence-corrected chi connectivity index (χ2v) is 3.85. The predicted octanol–water partition coefficient (Wildman–Crippen LogP) is 1.17. The highest BCUT2D eigenvalue weighted by molar-refractivity contribution is 5.98. The summed E-state index contributed by atoms with van der Waals surface area (Å²) in [4.78, 5) is 11.4. The number of allylic oxidation sites excluding steroid dienone is 5. The van der Waals surface area contributed by atoms with Gasteiger partial charge < -0.3 is 5.32 Å². The van der Waals surface area contributed by atoms with Crippen LogP contribution < -0.4 is 5.32 Å². The van der Waals surface area contributed by atoms with Crippen LogP contribution in [0.15, 0.2) is 35.5 Å². The quantitative estimate of drug-likeness (QED) is 0.585. The van der Waals surface area contributed by atoms with Gasteiger partial charge in [0.2, 0.25) is 5.91 Å². The fourth-order valence-electron chi connectivity index (χ4n) is 2.51. The van der Waals surface area contributed by atoms with E-state index in [1.807, 2.05) is 0 Å². The van der Waals surface area contributed by atoms with E-state index < -0.39 is 0 Å². The lowest BCUT2D eigenvalue weighted by Gasteiger charge is -2.18. The smallest absolute Gasteiger partial charge is 0.247 e. The number of amides is 1. The standard InChI is InChI=1S/C11H11NO/c13-11-9-5-7-3-1-2-4-8(7)10(9)6-12-11/h1-3,5,8,10H,4,6H2,(H,12,13). The summed E-state index contributed by atoms with van der Waals surface area (Å²) in [6, 6.07) is 0. The Morgan fingerprint density at radius 1 is 1.38 bits per heavy atom. The van der Waals surface area contributed by atoms with E-state index in [0.717, 1.165) is 18.5 Å². The third-order valence-corrected chi connectivity index (χ3v) is 3.19. The lowest BCUT2D eigenvalue weighted by atomic mass is 9.85. The Kier molecular flexibility index (Phi) is 1.29. The number of fused-ring (bicyclic) bond motifs is 3. The molecule has 3 rings (SSSR count). The Bertz CT molecular complexity index is 362. The minimum absolute atomic E-state index is 0.139. The van der Waals surface area contributed by atoms with Crippen molar-refractivity contribution in [2.45, 2.75) is 6.42 Å². The first-order valence-corrected chi connectivity index (χ1v) is 4.73. The van der Waals surface area contributed by atoms with Gasteiger partial charge in [-0.1, -0.05) is 18.2 Å². The van der Waals surface area contributed by atoms with Crippen LogP contribution in [0.1, 0.15) is 6.42 Å². The molecule has 2 unspecified atom stereocenters. The number of carbonyl (C=O) groups excluding carboxylic acids is 1. The number of hydrogen-bond acceptors (Lipinski definition) is 1. The molecule has 1 amide bonds. The molecule has 0 spiro atoms. The lowest BCUT2D eigenvalue weighted by Crippen LogP contribution is -2.19. The van der Waals surface area contributed by atoms with E-state index in [4.69, 9.17) is 0 Å². The van der Waals surface area contributed by atoms with Crippen molar-refractivity contribution in [3.05, 3.63) is 35.5 Å². The van der Waals surface area contributed by atoms with Gasteiger partial charge in [-0.2, -0.15) is 0 Å². The van der Waals surface area contributed by atoms with E-state index >= 15 is 0 Å². The fourth-order valence-corrected chi connectivity index (χ4v) is 2.51. The minimum Gasteiger partial charge on any atom is -0.352 e. The van der Waals surface area contributed by atoms with Gasteiger partial charge >= 0.3 is 0 Å². The van der Waals surface area contributed by atoms with Crippen LogP contribution in [-0.2, 0) is 4.79 Å². The molecule has 3 aliphatic rings. The largest absolute Gasteiger partial charge is 0.352 e. The lowest BCUT2D eigenvalue weighted by molar-refractivity contribution is -0.116. The Morgan fingerprint density at radius 3 is 3.23 bits per heavy atom. The molecule has 0 aromatic carbocycles. The van der Waals surface area contributed by atoms with Gasteiger partial charge in [0.15, 0.2) is 0 Å². The van der Waals surface area contributed by atoms with Crippen molar-refractivity contribution in [1.82, 2.24) is 5.32 Å². The van der Waals surface area contributed by atoms with Gasteiger partial charge in [0.25, 0.3) is 0 Å². The summed E-state index contributed by atoms with van der Waals surface area (Å²) in [6.45, 7) is 0.834. The number of nitrogens with one attached hydrogen (secondary N) is 1. The van der Waals surface area contributed by atoms with Gasteiger partial charge in [-0.3, -0.25) is 4.79 Å². The topological polar surface area (TPSA) is 29.1 Å². The zero-order valence-electron chi connectivity index (χ0n) is 7.29. The van der Waals surface area contributed by atoms with E-state index in [1.54, 1.807) is 0 Å². The highest BCUT2D eigenvalue weighted by atomic mass is 16.2. The van der Waals surface area contributed by atoms with Crippen molar-refractivity contribution >= 4 is 5.91 Å². The molecule has 13 heavy (non-hydrogen) atoms. The van der Waals surface area contributed by atoms with E-state index in [0.29, 0.717) is 11.8 Å². The summed E-state index contributed by atoms with van der Waals surface area (Å²) in [5.41, 5.74) is 2.34. The molecule has 2 nitrogen and oxygen atoms in total. The summed E-state index contributed by atoms with van der Waals surface area (Å²) >= 11 is 0. The Balaban J connectivity index is 2.06. The van der Waals surface area contributed by atoms with Crippen molar-refractivity contribution in [2.24, 2.45) is 11.8 Å². The van der Waals surface area contributed by atoms with Gasteiger partial charge in [0.05, 0.1) is 0 Å². The molecule has 0 saturated carbocycles. The first-order chi connectivity index (χ1) is 6.36. The summed E-state index contributed by atoms with van der Waals surface area (Å²) in [7, 11) is 0. The van der Waals surface area contributed by atoms with Crippen molar-refractivity contribution in [1.29, 1.82) is 0 Å². The second kappa shape index (κ2) is 2.34. The Labute approximate surface area is 77.0 Å². The van der Waals surface area contributed by atoms with Crippen LogP contribution in [0, 0.1) is 11.8 Å². The summed E-state index contributed by atoms with van der Waals surface area (Å²) in [5.74, 6) is 1.16. The second-order valence-electron chi connectivity index (χ2n) is 3.85. The molecule has 1 saturated heterocycles. The maximum atomic E-state index is 11.4. The van der Waals surface area contributed by atoms with Crippen molar-refractivity contribution in [3.8, 4) is 0 Å². The van der Waals surface area contributed by atoms with Crippen LogP contribution in [-0.4, -0.2) is 12.5 Å². The molecule has 2 heteroatoms. The first kappa shape index (κ1) is 7.13. The maximum absolute atomic E-state index is 11.4. The van der Waals surface area contributed by atoms with Crippen molar-refractivity contribution in [2.75, 3.05) is 6.54 Å². The third kappa shape index (κ3) is 0.857. The molecule has 0 bridgehead atoms. The van der Waals surface area contributed by atoms with Crippen LogP contribution >= 0.6 is 0 Å². The zero-order chi connectivity index (χ0) is 8.84. The van der Waals surface area contributed by atoms with E-state index in [1.165, 1.54) is 5.57 Å². The molecular weight excluding hydrogens is 162 g/mol. The molecule has 2 atom stereocenters. The van der Waals surface area contributed by atoms with Crippen LogP contribution in [0.4, 0.5) is 0 Å². The van der Waals surface area contributed by atoms with Gasteiger partial charge in [0, 0.05) is 18.0 Å². The summed E-state index contributed by atoms with van der Waals surface area (Å²) < 4.78 is 0. The Hall–Kier alpha value is -1.31. The van der Waals surface area contributed by atoms with Gasteiger partial charge in [0.1, 0.15) is 0 Å². The van der Waals surface area contributed by atoms with Crippen LogP contribution in [0.2, 0.25) is 0 Å². The molecular formula is C11H11NO. The SMILES string of the molecule is O=C1NCC2C1=CC1=CC=CCC12. The van der Waals surface area contributed by atoms with Crippen LogP contribution in [0.25, 0.3) is 0 Å². The average Bonchev–Trinajstić information content (AvgIpc) is 2.67. The molecule has 0 aromatic rings.